The van der Waals surface area contributed by atoms with Crippen LogP contribution in [0, 0.1) is 0 Å². The first kappa shape index (κ1) is 15.7. The SMILES string of the molecule is CSc1ccccc1NC(=O)Cn1c(=O)oc2cc(Cl)ccc21. The summed E-state index contributed by atoms with van der Waals surface area (Å²) in [6, 6.07) is 12.3. The molecule has 0 aliphatic heterocycles. The van der Waals surface area contributed by atoms with E-state index in [1.54, 1.807) is 18.2 Å². The predicted molar refractivity (Wildman–Crippen MR) is 92.3 cm³/mol. The molecule has 2 aromatic carbocycles. The normalized spacial score (nSPS) is 10.9. The summed E-state index contributed by atoms with van der Waals surface area (Å²) in [5, 5.41) is 3.29. The van der Waals surface area contributed by atoms with Gasteiger partial charge in [0.1, 0.15) is 6.54 Å². The molecule has 0 radical (unpaired) electrons. The fraction of sp³-hybridized carbons (Fsp3) is 0.125. The minimum atomic E-state index is -0.587. The lowest BCUT2D eigenvalue weighted by molar-refractivity contribution is -0.116. The highest BCUT2D eigenvalue weighted by Crippen LogP contribution is 2.24. The number of nitrogens with zero attached hydrogens (tertiary/aromatic N) is 1. The van der Waals surface area contributed by atoms with Gasteiger partial charge < -0.3 is 9.73 Å². The van der Waals surface area contributed by atoms with Crippen molar-refractivity contribution in [3.05, 3.63) is 58.0 Å². The third-order valence-corrected chi connectivity index (χ3v) is 4.34. The van der Waals surface area contributed by atoms with E-state index in [1.165, 1.54) is 16.3 Å². The van der Waals surface area contributed by atoms with Gasteiger partial charge in [0.15, 0.2) is 5.58 Å². The van der Waals surface area contributed by atoms with E-state index in [9.17, 15) is 9.59 Å². The number of fused-ring (bicyclic) bond motifs is 1. The van der Waals surface area contributed by atoms with Gasteiger partial charge in [0.2, 0.25) is 5.91 Å². The molecule has 0 aliphatic carbocycles. The smallest absolute Gasteiger partial charge is 0.408 e. The zero-order valence-electron chi connectivity index (χ0n) is 12.2. The van der Waals surface area contributed by atoms with Crippen molar-refractivity contribution in [2.45, 2.75) is 11.4 Å². The molecule has 0 aliphatic rings. The zero-order chi connectivity index (χ0) is 16.4. The number of carbonyl (C=O) groups excluding carboxylic acids is 1. The number of para-hydroxylation sites is 1. The summed E-state index contributed by atoms with van der Waals surface area (Å²) < 4.78 is 6.40. The molecule has 0 bridgehead atoms. The van der Waals surface area contributed by atoms with Gasteiger partial charge in [0.25, 0.3) is 0 Å². The van der Waals surface area contributed by atoms with Gasteiger partial charge in [-0.2, -0.15) is 0 Å². The van der Waals surface area contributed by atoms with Crippen LogP contribution in [0.3, 0.4) is 0 Å². The first-order chi connectivity index (χ1) is 11.1. The molecule has 0 unspecified atom stereocenters. The first-order valence-corrected chi connectivity index (χ1v) is 8.40. The van der Waals surface area contributed by atoms with E-state index in [-0.39, 0.29) is 12.5 Å². The van der Waals surface area contributed by atoms with Crippen molar-refractivity contribution in [3.63, 3.8) is 0 Å². The number of benzene rings is 2. The Bertz CT molecular complexity index is 932. The molecular weight excluding hydrogens is 336 g/mol. The van der Waals surface area contributed by atoms with Crippen molar-refractivity contribution in [3.8, 4) is 0 Å². The van der Waals surface area contributed by atoms with Crippen LogP contribution in [0.1, 0.15) is 0 Å². The van der Waals surface area contributed by atoms with Gasteiger partial charge in [-0.05, 0) is 30.5 Å². The van der Waals surface area contributed by atoms with Crippen LogP contribution < -0.4 is 11.1 Å². The summed E-state index contributed by atoms with van der Waals surface area (Å²) in [6.07, 6.45) is 1.93. The van der Waals surface area contributed by atoms with Gasteiger partial charge >= 0.3 is 5.76 Å². The minimum absolute atomic E-state index is 0.129. The quantitative estimate of drug-likeness (QED) is 0.731. The summed E-state index contributed by atoms with van der Waals surface area (Å²) in [4.78, 5) is 25.1. The van der Waals surface area contributed by atoms with Crippen molar-refractivity contribution in [1.82, 2.24) is 4.57 Å². The first-order valence-electron chi connectivity index (χ1n) is 6.80. The molecule has 0 spiro atoms. The molecule has 1 amide bonds. The predicted octanol–water partition coefficient (Wildman–Crippen LogP) is 3.61. The van der Waals surface area contributed by atoms with E-state index in [0.717, 1.165) is 4.90 Å². The largest absolute Gasteiger partial charge is 0.420 e. The molecule has 0 saturated heterocycles. The van der Waals surface area contributed by atoms with Gasteiger partial charge in [-0.15, -0.1) is 11.8 Å². The lowest BCUT2D eigenvalue weighted by Gasteiger charge is -2.09. The topological polar surface area (TPSA) is 64.2 Å². The number of halogens is 1. The van der Waals surface area contributed by atoms with Crippen molar-refractivity contribution < 1.29 is 9.21 Å². The second kappa shape index (κ2) is 6.52. The zero-order valence-corrected chi connectivity index (χ0v) is 13.8. The fourth-order valence-corrected chi connectivity index (χ4v) is 2.99. The number of oxazole rings is 1. The lowest BCUT2D eigenvalue weighted by Crippen LogP contribution is -2.24. The highest BCUT2D eigenvalue weighted by Gasteiger charge is 2.14. The standard InChI is InChI=1S/C16H13ClN2O3S/c1-23-14-5-3-2-4-11(14)18-15(20)9-19-12-7-6-10(17)8-13(12)22-16(19)21/h2-8H,9H2,1H3,(H,18,20). The maximum atomic E-state index is 12.3. The van der Waals surface area contributed by atoms with Crippen molar-refractivity contribution in [2.24, 2.45) is 0 Å². The van der Waals surface area contributed by atoms with E-state index in [2.05, 4.69) is 5.32 Å². The Labute approximate surface area is 141 Å². The van der Waals surface area contributed by atoms with Crippen LogP contribution in [0.15, 0.2) is 56.6 Å². The average Bonchev–Trinajstić information content (AvgIpc) is 2.82. The molecule has 1 N–H and O–H groups in total. The molecule has 1 aromatic heterocycles. The van der Waals surface area contributed by atoms with Crippen molar-refractivity contribution in [1.29, 1.82) is 0 Å². The van der Waals surface area contributed by atoms with Crippen molar-refractivity contribution in [2.75, 3.05) is 11.6 Å². The van der Waals surface area contributed by atoms with Gasteiger partial charge in [-0.1, -0.05) is 23.7 Å². The number of carbonyl (C=O) groups is 1. The minimum Gasteiger partial charge on any atom is -0.408 e. The van der Waals surface area contributed by atoms with Crippen LogP contribution in [0.25, 0.3) is 11.1 Å². The lowest BCUT2D eigenvalue weighted by atomic mass is 10.3. The monoisotopic (exact) mass is 348 g/mol. The summed E-state index contributed by atoms with van der Waals surface area (Å²) in [5.41, 5.74) is 1.61. The van der Waals surface area contributed by atoms with Crippen LogP contribution >= 0.6 is 23.4 Å². The molecule has 23 heavy (non-hydrogen) atoms. The summed E-state index contributed by atoms with van der Waals surface area (Å²) >= 11 is 7.41. The number of anilines is 1. The number of aromatic nitrogens is 1. The number of hydrogen-bond donors (Lipinski definition) is 1. The summed E-state index contributed by atoms with van der Waals surface area (Å²) in [6.45, 7) is -0.129. The number of rotatable bonds is 4. The highest BCUT2D eigenvalue weighted by atomic mass is 35.5. The fourth-order valence-electron chi connectivity index (χ4n) is 2.27. The molecule has 1 heterocycles. The number of amides is 1. The molecule has 7 heteroatoms. The summed E-state index contributed by atoms with van der Waals surface area (Å²) in [5.74, 6) is -0.887. The van der Waals surface area contributed by atoms with Crippen LogP contribution in [0.4, 0.5) is 5.69 Å². The third-order valence-electron chi connectivity index (χ3n) is 3.31. The van der Waals surface area contributed by atoms with Crippen molar-refractivity contribution >= 4 is 46.1 Å². The van der Waals surface area contributed by atoms with E-state index in [4.69, 9.17) is 16.0 Å². The number of thioether (sulfide) groups is 1. The summed E-state index contributed by atoms with van der Waals surface area (Å²) in [7, 11) is 0. The van der Waals surface area contributed by atoms with E-state index < -0.39 is 5.76 Å². The van der Waals surface area contributed by atoms with Gasteiger partial charge in [-0.25, -0.2) is 4.79 Å². The van der Waals surface area contributed by atoms with Gasteiger partial charge in [0.05, 0.1) is 11.2 Å². The Morgan fingerprint density at radius 3 is 2.87 bits per heavy atom. The number of hydrogen-bond acceptors (Lipinski definition) is 4. The maximum Gasteiger partial charge on any atom is 0.420 e. The average molecular weight is 349 g/mol. The van der Waals surface area contributed by atoms with Crippen LogP contribution in [-0.4, -0.2) is 16.7 Å². The second-order valence-electron chi connectivity index (χ2n) is 4.81. The van der Waals surface area contributed by atoms with Crippen LogP contribution in [0.5, 0.6) is 0 Å². The molecule has 0 atom stereocenters. The maximum absolute atomic E-state index is 12.3. The Kier molecular flexibility index (Phi) is 4.45. The van der Waals surface area contributed by atoms with Crippen LogP contribution in [-0.2, 0) is 11.3 Å². The molecule has 5 nitrogen and oxygen atoms in total. The molecule has 3 aromatic rings. The Balaban J connectivity index is 1.86. The molecule has 0 saturated carbocycles. The van der Waals surface area contributed by atoms with E-state index in [1.807, 2.05) is 30.5 Å². The number of nitrogens with one attached hydrogen (secondary N) is 1. The molecule has 0 fully saturated rings. The van der Waals surface area contributed by atoms with Gasteiger partial charge in [-0.3, -0.25) is 9.36 Å². The second-order valence-corrected chi connectivity index (χ2v) is 6.10. The third kappa shape index (κ3) is 3.28. The molecule has 118 valence electrons. The molecular formula is C16H13ClN2O3S. The Morgan fingerprint density at radius 1 is 1.30 bits per heavy atom. The molecule has 3 rings (SSSR count). The highest BCUT2D eigenvalue weighted by molar-refractivity contribution is 7.98. The van der Waals surface area contributed by atoms with Crippen LogP contribution in [0.2, 0.25) is 5.02 Å². The Hall–Kier alpha value is -2.18. The van der Waals surface area contributed by atoms with E-state index >= 15 is 0 Å². The van der Waals surface area contributed by atoms with E-state index in [0.29, 0.717) is 21.8 Å². The van der Waals surface area contributed by atoms with Gasteiger partial charge in [0, 0.05) is 16.0 Å². The Morgan fingerprint density at radius 2 is 2.09 bits per heavy atom.